The molecule has 1 aromatic heterocycles. The summed E-state index contributed by atoms with van der Waals surface area (Å²) in [5, 5.41) is 8.38. The third kappa shape index (κ3) is 4.46. The van der Waals surface area contributed by atoms with E-state index in [0.29, 0.717) is 11.7 Å². The first kappa shape index (κ1) is 20.5. The van der Waals surface area contributed by atoms with E-state index < -0.39 is 10.8 Å². The number of pyridine rings is 1. The molecule has 1 atom stereocenters. The van der Waals surface area contributed by atoms with Crippen molar-refractivity contribution in [3.05, 3.63) is 59.7 Å². The number of nitrogens with one attached hydrogen (secondary N) is 2. The lowest BCUT2D eigenvalue weighted by Crippen LogP contribution is -2.31. The quantitative estimate of drug-likeness (QED) is 0.648. The second-order valence-electron chi connectivity index (χ2n) is 8.70. The first-order chi connectivity index (χ1) is 15.2. The van der Waals surface area contributed by atoms with Crippen LogP contribution in [-0.2, 0) is 17.3 Å². The van der Waals surface area contributed by atoms with Crippen molar-refractivity contribution in [1.29, 1.82) is 0 Å². The van der Waals surface area contributed by atoms with Crippen LogP contribution < -0.4 is 15.5 Å². The number of aryl methyl sites for hydroxylation is 1. The van der Waals surface area contributed by atoms with E-state index in [0.717, 1.165) is 60.2 Å². The Morgan fingerprint density at radius 2 is 2.00 bits per heavy atom. The fourth-order valence-electron chi connectivity index (χ4n) is 4.61. The summed E-state index contributed by atoms with van der Waals surface area (Å²) in [5.41, 5.74) is 4.54. The molecule has 31 heavy (non-hydrogen) atoms. The van der Waals surface area contributed by atoms with E-state index in [1.54, 1.807) is 0 Å². The van der Waals surface area contributed by atoms with Crippen LogP contribution in [0.15, 0.2) is 53.4 Å². The van der Waals surface area contributed by atoms with Gasteiger partial charge in [0.1, 0.15) is 5.82 Å². The standard InChI is InChI=1S/C25H30N4OS/c1-18-6-7-22-21(14-18)23(27-16-19-8-10-26-11-9-19)15-25(28-22)29-12-13-31(30)24-5-3-2-4-20(24)17-29/h2-7,14-15,19,26H,8-13,16-17H2,1H3,(H,27,28). The molecule has 6 heteroatoms. The highest BCUT2D eigenvalue weighted by molar-refractivity contribution is 7.85. The average molecular weight is 435 g/mol. The molecule has 2 aromatic carbocycles. The number of nitrogens with zero attached hydrogens (tertiary/aromatic N) is 2. The van der Waals surface area contributed by atoms with Crippen LogP contribution in [-0.4, -0.2) is 41.1 Å². The maximum absolute atomic E-state index is 12.7. The Labute approximate surface area is 186 Å². The van der Waals surface area contributed by atoms with Gasteiger partial charge in [0.15, 0.2) is 0 Å². The molecule has 5 nitrogen and oxygen atoms in total. The molecule has 1 saturated heterocycles. The molecule has 1 unspecified atom stereocenters. The molecule has 162 valence electrons. The number of anilines is 2. The first-order valence-electron chi connectivity index (χ1n) is 11.2. The van der Waals surface area contributed by atoms with Crippen molar-refractivity contribution in [1.82, 2.24) is 10.3 Å². The van der Waals surface area contributed by atoms with Crippen LogP contribution >= 0.6 is 0 Å². The fourth-order valence-corrected chi connectivity index (χ4v) is 5.88. The fraction of sp³-hybridized carbons (Fsp3) is 0.400. The Morgan fingerprint density at radius 3 is 2.87 bits per heavy atom. The molecule has 2 aliphatic heterocycles. The summed E-state index contributed by atoms with van der Waals surface area (Å²) in [6, 6.07) is 16.8. The third-order valence-electron chi connectivity index (χ3n) is 6.44. The summed E-state index contributed by atoms with van der Waals surface area (Å²) in [6.07, 6.45) is 2.44. The van der Waals surface area contributed by atoms with Crippen molar-refractivity contribution in [2.24, 2.45) is 5.92 Å². The number of aromatic nitrogens is 1. The first-order valence-corrected chi connectivity index (χ1v) is 12.6. The molecular formula is C25H30N4OS. The zero-order valence-corrected chi connectivity index (χ0v) is 18.9. The Bertz CT molecular complexity index is 1110. The van der Waals surface area contributed by atoms with Gasteiger partial charge in [0, 0.05) is 47.4 Å². The zero-order chi connectivity index (χ0) is 21.2. The smallest absolute Gasteiger partial charge is 0.131 e. The van der Waals surface area contributed by atoms with Crippen LogP contribution in [0.5, 0.6) is 0 Å². The van der Waals surface area contributed by atoms with Crippen LogP contribution in [0.25, 0.3) is 10.9 Å². The molecule has 3 heterocycles. The van der Waals surface area contributed by atoms with Crippen molar-refractivity contribution < 1.29 is 4.21 Å². The number of benzene rings is 2. The predicted molar refractivity (Wildman–Crippen MR) is 129 cm³/mol. The number of rotatable bonds is 4. The molecule has 3 aromatic rings. The number of hydrogen-bond donors (Lipinski definition) is 2. The lowest BCUT2D eigenvalue weighted by molar-refractivity contribution is 0.390. The molecule has 2 aliphatic rings. The van der Waals surface area contributed by atoms with E-state index >= 15 is 0 Å². The maximum Gasteiger partial charge on any atom is 0.131 e. The highest BCUT2D eigenvalue weighted by Crippen LogP contribution is 2.31. The third-order valence-corrected chi connectivity index (χ3v) is 7.88. The van der Waals surface area contributed by atoms with E-state index in [-0.39, 0.29) is 0 Å². The van der Waals surface area contributed by atoms with Gasteiger partial charge in [-0.3, -0.25) is 4.21 Å². The van der Waals surface area contributed by atoms with Crippen LogP contribution in [0.4, 0.5) is 11.5 Å². The van der Waals surface area contributed by atoms with Crippen LogP contribution in [0.1, 0.15) is 24.0 Å². The molecule has 2 N–H and O–H groups in total. The average Bonchev–Trinajstić information content (AvgIpc) is 2.97. The van der Waals surface area contributed by atoms with Gasteiger partial charge in [-0.25, -0.2) is 4.98 Å². The van der Waals surface area contributed by atoms with Gasteiger partial charge >= 0.3 is 0 Å². The molecule has 0 spiro atoms. The van der Waals surface area contributed by atoms with E-state index in [1.165, 1.54) is 23.8 Å². The Morgan fingerprint density at radius 1 is 1.16 bits per heavy atom. The molecule has 0 bridgehead atoms. The minimum Gasteiger partial charge on any atom is -0.384 e. The van der Waals surface area contributed by atoms with Gasteiger partial charge in [-0.2, -0.15) is 0 Å². The Kier molecular flexibility index (Phi) is 5.92. The van der Waals surface area contributed by atoms with Gasteiger partial charge in [-0.1, -0.05) is 29.8 Å². The Hall–Kier alpha value is -2.44. The maximum atomic E-state index is 12.7. The number of hydrogen-bond acceptors (Lipinski definition) is 5. The minimum absolute atomic E-state index is 0.627. The zero-order valence-electron chi connectivity index (χ0n) is 18.1. The topological polar surface area (TPSA) is 57.3 Å². The van der Waals surface area contributed by atoms with Crippen LogP contribution in [0, 0.1) is 12.8 Å². The lowest BCUT2D eigenvalue weighted by Gasteiger charge is -2.25. The summed E-state index contributed by atoms with van der Waals surface area (Å²) in [4.78, 5) is 8.25. The van der Waals surface area contributed by atoms with Crippen molar-refractivity contribution >= 4 is 33.2 Å². The van der Waals surface area contributed by atoms with Gasteiger partial charge in [0.2, 0.25) is 0 Å². The van der Waals surface area contributed by atoms with Crippen molar-refractivity contribution in [2.45, 2.75) is 31.2 Å². The lowest BCUT2D eigenvalue weighted by atomic mass is 9.98. The normalized spacial score (nSPS) is 19.8. The second kappa shape index (κ2) is 8.97. The Balaban J connectivity index is 1.48. The van der Waals surface area contributed by atoms with Crippen molar-refractivity contribution in [3.8, 4) is 0 Å². The van der Waals surface area contributed by atoms with Crippen LogP contribution in [0.3, 0.4) is 0 Å². The SMILES string of the molecule is Cc1ccc2nc(N3CCS(=O)c4ccccc4C3)cc(NCC3CCNCC3)c2c1. The minimum atomic E-state index is -0.960. The molecule has 0 aliphatic carbocycles. The van der Waals surface area contributed by atoms with Crippen molar-refractivity contribution in [2.75, 3.05) is 42.1 Å². The highest BCUT2D eigenvalue weighted by atomic mass is 32.2. The predicted octanol–water partition coefficient (Wildman–Crippen LogP) is 4.08. The number of fused-ring (bicyclic) bond motifs is 2. The molecule has 0 saturated carbocycles. The van der Waals surface area contributed by atoms with Crippen molar-refractivity contribution in [3.63, 3.8) is 0 Å². The molecule has 5 rings (SSSR count). The van der Waals surface area contributed by atoms with Gasteiger partial charge in [0.25, 0.3) is 0 Å². The molecular weight excluding hydrogens is 404 g/mol. The largest absolute Gasteiger partial charge is 0.384 e. The van der Waals surface area contributed by atoms with Gasteiger partial charge in [-0.05, 0) is 62.5 Å². The van der Waals surface area contributed by atoms with Crippen LogP contribution in [0.2, 0.25) is 0 Å². The highest BCUT2D eigenvalue weighted by Gasteiger charge is 2.21. The van der Waals surface area contributed by atoms with E-state index in [4.69, 9.17) is 4.98 Å². The molecule has 0 amide bonds. The van der Waals surface area contributed by atoms with Gasteiger partial charge in [-0.15, -0.1) is 0 Å². The molecule has 1 fully saturated rings. The van der Waals surface area contributed by atoms with Gasteiger partial charge in [0.05, 0.1) is 16.3 Å². The number of piperidine rings is 1. The van der Waals surface area contributed by atoms with E-state index in [9.17, 15) is 4.21 Å². The van der Waals surface area contributed by atoms with Gasteiger partial charge < -0.3 is 15.5 Å². The monoisotopic (exact) mass is 434 g/mol. The summed E-state index contributed by atoms with van der Waals surface area (Å²) in [5.74, 6) is 2.28. The summed E-state index contributed by atoms with van der Waals surface area (Å²) in [7, 11) is -0.960. The van der Waals surface area contributed by atoms with E-state index in [2.05, 4.69) is 52.8 Å². The second-order valence-corrected chi connectivity index (χ2v) is 10.2. The summed E-state index contributed by atoms with van der Waals surface area (Å²) >= 11 is 0. The summed E-state index contributed by atoms with van der Waals surface area (Å²) < 4.78 is 12.7. The van der Waals surface area contributed by atoms with E-state index in [1.807, 2.05) is 18.2 Å². The summed E-state index contributed by atoms with van der Waals surface area (Å²) in [6.45, 7) is 6.81. The molecule has 0 radical (unpaired) electrons.